The van der Waals surface area contributed by atoms with Crippen molar-refractivity contribution in [3.63, 3.8) is 0 Å². The molecule has 27 heavy (non-hydrogen) atoms. The van der Waals surface area contributed by atoms with Crippen LogP contribution < -0.4 is 10.2 Å². The number of hydrogen-bond acceptors (Lipinski definition) is 6. The molecule has 2 atom stereocenters. The molecule has 0 saturated carbocycles. The molecule has 2 fully saturated rings. The fourth-order valence-corrected chi connectivity index (χ4v) is 4.24. The Kier molecular flexibility index (Phi) is 5.57. The van der Waals surface area contributed by atoms with Gasteiger partial charge in [-0.1, -0.05) is 13.8 Å². The van der Waals surface area contributed by atoms with Crippen molar-refractivity contribution < 1.29 is 4.74 Å². The summed E-state index contributed by atoms with van der Waals surface area (Å²) in [5, 5.41) is 3.61. The topological polar surface area (TPSA) is 79.0 Å². The summed E-state index contributed by atoms with van der Waals surface area (Å²) in [6.07, 6.45) is 10.2. The molecule has 0 unspecified atom stereocenters. The third-order valence-corrected chi connectivity index (χ3v) is 5.68. The summed E-state index contributed by atoms with van der Waals surface area (Å²) >= 11 is 0. The van der Waals surface area contributed by atoms with E-state index in [1.54, 1.807) is 0 Å². The molecule has 0 radical (unpaired) electrons. The third-order valence-electron chi connectivity index (χ3n) is 5.68. The second-order valence-corrected chi connectivity index (χ2v) is 7.95. The molecule has 2 aromatic rings. The van der Waals surface area contributed by atoms with Crippen LogP contribution in [0.5, 0.6) is 0 Å². The minimum atomic E-state index is 0.237. The van der Waals surface area contributed by atoms with Crippen molar-refractivity contribution in [2.45, 2.75) is 57.6 Å². The van der Waals surface area contributed by atoms with Gasteiger partial charge in [-0.05, 0) is 37.7 Å². The normalized spacial score (nSPS) is 24.3. The SMILES string of the molecule is CC(C)[C@@H]1OCCC[C@H]1Nc1ccnc(N2CCC(c3ncc[nH]3)CC2)n1. The number of nitrogens with zero attached hydrogens (tertiary/aromatic N) is 4. The Bertz CT molecular complexity index is 711. The zero-order valence-electron chi connectivity index (χ0n) is 16.3. The molecule has 2 N–H and O–H groups in total. The van der Waals surface area contributed by atoms with Gasteiger partial charge in [0.2, 0.25) is 5.95 Å². The van der Waals surface area contributed by atoms with Crippen LogP contribution in [0, 0.1) is 5.92 Å². The van der Waals surface area contributed by atoms with E-state index in [0.29, 0.717) is 17.9 Å². The van der Waals surface area contributed by atoms with E-state index in [-0.39, 0.29) is 6.10 Å². The van der Waals surface area contributed by atoms with Crippen LogP contribution in [-0.4, -0.2) is 51.8 Å². The van der Waals surface area contributed by atoms with Gasteiger partial charge in [0.25, 0.3) is 0 Å². The largest absolute Gasteiger partial charge is 0.376 e. The minimum absolute atomic E-state index is 0.237. The summed E-state index contributed by atoms with van der Waals surface area (Å²) in [5.74, 6) is 3.81. The van der Waals surface area contributed by atoms with Gasteiger partial charge in [0.05, 0.1) is 12.1 Å². The van der Waals surface area contributed by atoms with Crippen molar-refractivity contribution in [2.75, 3.05) is 29.9 Å². The van der Waals surface area contributed by atoms with Crippen molar-refractivity contribution in [1.82, 2.24) is 19.9 Å². The summed E-state index contributed by atoms with van der Waals surface area (Å²) < 4.78 is 5.99. The Hall–Kier alpha value is -2.15. The molecule has 0 aromatic carbocycles. The van der Waals surface area contributed by atoms with Gasteiger partial charge in [-0.2, -0.15) is 4.98 Å². The van der Waals surface area contributed by atoms with Crippen LogP contribution in [0.2, 0.25) is 0 Å². The van der Waals surface area contributed by atoms with Crippen molar-refractivity contribution in [1.29, 1.82) is 0 Å². The Morgan fingerprint density at radius 1 is 1.19 bits per heavy atom. The molecule has 0 aliphatic carbocycles. The summed E-state index contributed by atoms with van der Waals surface area (Å²) in [6.45, 7) is 7.21. The van der Waals surface area contributed by atoms with Gasteiger partial charge < -0.3 is 19.9 Å². The monoisotopic (exact) mass is 370 g/mol. The standard InChI is InChI=1S/C20H30N6O/c1-14(2)18-16(4-3-13-27-18)24-17-5-8-23-20(25-17)26-11-6-15(7-12-26)19-21-9-10-22-19/h5,8-10,14-16,18H,3-4,6-7,11-13H2,1-2H3,(H,21,22)(H,23,24,25)/t16-,18+/m1/s1. The average Bonchev–Trinajstić information content (AvgIpc) is 3.23. The lowest BCUT2D eigenvalue weighted by Gasteiger charge is -2.35. The Labute approximate surface area is 161 Å². The van der Waals surface area contributed by atoms with E-state index in [2.05, 4.69) is 39.0 Å². The number of ether oxygens (including phenoxy) is 1. The second-order valence-electron chi connectivity index (χ2n) is 7.95. The summed E-state index contributed by atoms with van der Waals surface area (Å²) in [4.78, 5) is 19.3. The molecule has 0 spiro atoms. The third kappa shape index (κ3) is 4.24. The van der Waals surface area contributed by atoms with E-state index in [1.165, 1.54) is 0 Å². The van der Waals surface area contributed by atoms with E-state index < -0.39 is 0 Å². The molecule has 2 aliphatic heterocycles. The highest BCUT2D eigenvalue weighted by Crippen LogP contribution is 2.28. The van der Waals surface area contributed by atoms with Crippen LogP contribution in [0.15, 0.2) is 24.7 Å². The number of H-pyrrole nitrogens is 1. The van der Waals surface area contributed by atoms with E-state index in [0.717, 1.165) is 63.0 Å². The molecule has 7 nitrogen and oxygen atoms in total. The van der Waals surface area contributed by atoms with Crippen LogP contribution in [0.1, 0.15) is 51.3 Å². The highest BCUT2D eigenvalue weighted by atomic mass is 16.5. The fraction of sp³-hybridized carbons (Fsp3) is 0.650. The first-order valence-corrected chi connectivity index (χ1v) is 10.2. The highest BCUT2D eigenvalue weighted by Gasteiger charge is 2.29. The van der Waals surface area contributed by atoms with Crippen molar-refractivity contribution in [3.05, 3.63) is 30.5 Å². The van der Waals surface area contributed by atoms with E-state index in [9.17, 15) is 0 Å². The predicted molar refractivity (Wildman–Crippen MR) is 106 cm³/mol. The molecule has 4 heterocycles. The highest BCUT2D eigenvalue weighted by molar-refractivity contribution is 5.42. The molecular formula is C20H30N6O. The lowest BCUT2D eigenvalue weighted by Crippen LogP contribution is -2.43. The van der Waals surface area contributed by atoms with E-state index in [4.69, 9.17) is 9.72 Å². The Morgan fingerprint density at radius 2 is 2.04 bits per heavy atom. The van der Waals surface area contributed by atoms with Crippen LogP contribution in [-0.2, 0) is 4.74 Å². The lowest BCUT2D eigenvalue weighted by atomic mass is 9.94. The zero-order valence-corrected chi connectivity index (χ0v) is 16.3. The van der Waals surface area contributed by atoms with Gasteiger partial charge in [-0.15, -0.1) is 0 Å². The number of piperidine rings is 1. The number of nitrogens with one attached hydrogen (secondary N) is 2. The van der Waals surface area contributed by atoms with Crippen molar-refractivity contribution in [3.8, 4) is 0 Å². The zero-order chi connectivity index (χ0) is 18.6. The van der Waals surface area contributed by atoms with Crippen LogP contribution in [0.4, 0.5) is 11.8 Å². The van der Waals surface area contributed by atoms with Crippen molar-refractivity contribution >= 4 is 11.8 Å². The fourth-order valence-electron chi connectivity index (χ4n) is 4.24. The molecule has 0 bridgehead atoms. The molecule has 0 amide bonds. The quantitative estimate of drug-likeness (QED) is 0.841. The smallest absolute Gasteiger partial charge is 0.227 e. The first-order chi connectivity index (χ1) is 13.2. The van der Waals surface area contributed by atoms with Crippen molar-refractivity contribution in [2.24, 2.45) is 5.92 Å². The number of hydrogen-bond donors (Lipinski definition) is 2. The number of rotatable bonds is 5. The number of anilines is 2. The molecule has 2 aromatic heterocycles. The lowest BCUT2D eigenvalue weighted by molar-refractivity contribution is -0.0203. The maximum atomic E-state index is 5.99. The van der Waals surface area contributed by atoms with Gasteiger partial charge in [0, 0.05) is 44.2 Å². The second kappa shape index (κ2) is 8.25. The maximum absolute atomic E-state index is 5.99. The molecule has 2 aliphatic rings. The average molecular weight is 371 g/mol. The van der Waals surface area contributed by atoms with E-state index in [1.807, 2.05) is 24.7 Å². The number of imidazole rings is 1. The summed E-state index contributed by atoms with van der Waals surface area (Å²) in [7, 11) is 0. The Balaban J connectivity index is 1.39. The molecule has 4 rings (SSSR count). The van der Waals surface area contributed by atoms with Gasteiger partial charge >= 0.3 is 0 Å². The molecule has 146 valence electrons. The number of aromatic nitrogens is 4. The van der Waals surface area contributed by atoms with Gasteiger partial charge in [0.15, 0.2) is 0 Å². The summed E-state index contributed by atoms with van der Waals surface area (Å²) in [6, 6.07) is 2.27. The maximum Gasteiger partial charge on any atom is 0.227 e. The number of aromatic amines is 1. The predicted octanol–water partition coefficient (Wildman–Crippen LogP) is 3.20. The first kappa shape index (κ1) is 18.2. The minimum Gasteiger partial charge on any atom is -0.376 e. The van der Waals surface area contributed by atoms with Gasteiger partial charge in [-0.25, -0.2) is 9.97 Å². The molecule has 7 heteroatoms. The van der Waals surface area contributed by atoms with Gasteiger partial charge in [0.1, 0.15) is 11.6 Å². The van der Waals surface area contributed by atoms with Gasteiger partial charge in [-0.3, -0.25) is 0 Å². The first-order valence-electron chi connectivity index (χ1n) is 10.2. The van der Waals surface area contributed by atoms with Crippen LogP contribution in [0.3, 0.4) is 0 Å². The van der Waals surface area contributed by atoms with E-state index >= 15 is 0 Å². The van der Waals surface area contributed by atoms with Crippen LogP contribution >= 0.6 is 0 Å². The van der Waals surface area contributed by atoms with Crippen LogP contribution in [0.25, 0.3) is 0 Å². The molecular weight excluding hydrogens is 340 g/mol. The molecule has 2 saturated heterocycles. The summed E-state index contributed by atoms with van der Waals surface area (Å²) in [5.41, 5.74) is 0. The Morgan fingerprint density at radius 3 is 2.78 bits per heavy atom.